The maximum atomic E-state index is 12.6. The van der Waals surface area contributed by atoms with Crippen molar-refractivity contribution in [3.05, 3.63) is 64.2 Å². The minimum Gasteiger partial charge on any atom is -0.449 e. The van der Waals surface area contributed by atoms with E-state index in [2.05, 4.69) is 0 Å². The van der Waals surface area contributed by atoms with Crippen molar-refractivity contribution in [1.82, 2.24) is 0 Å². The van der Waals surface area contributed by atoms with Crippen LogP contribution in [-0.2, 0) is 9.53 Å². The number of esters is 1. The fraction of sp³-hybridized carbons (Fsp3) is 0.111. The standard InChI is InChI=1S/C18H13ClN2O5/c1-9(15(20)22)26-18(25)10-2-7-13-14(8-10)17(24)21(16(13)23)12-5-3-11(19)4-6-12/h2-9H,1H3,(H2,20,22)/t9-/m0/s1. The molecule has 0 fully saturated rings. The first kappa shape index (κ1) is 17.6. The third-order valence-electron chi connectivity index (χ3n) is 3.89. The van der Waals surface area contributed by atoms with Gasteiger partial charge in [0.05, 0.1) is 22.4 Å². The van der Waals surface area contributed by atoms with Gasteiger partial charge in [-0.3, -0.25) is 14.4 Å². The minimum atomic E-state index is -1.11. The molecule has 0 spiro atoms. The molecule has 0 saturated carbocycles. The number of carbonyl (C=O) groups is 4. The van der Waals surface area contributed by atoms with Crippen LogP contribution in [0.5, 0.6) is 0 Å². The highest BCUT2D eigenvalue weighted by Crippen LogP contribution is 2.30. The molecule has 0 saturated heterocycles. The summed E-state index contributed by atoms with van der Waals surface area (Å²) in [5.74, 6) is -2.67. The van der Waals surface area contributed by atoms with Gasteiger partial charge in [0.1, 0.15) is 0 Å². The number of fused-ring (bicyclic) bond motifs is 1. The van der Waals surface area contributed by atoms with Crippen molar-refractivity contribution in [3.8, 4) is 0 Å². The van der Waals surface area contributed by atoms with Crippen LogP contribution in [0.2, 0.25) is 5.02 Å². The lowest BCUT2D eigenvalue weighted by Gasteiger charge is -2.13. The fourth-order valence-corrected chi connectivity index (χ4v) is 2.61. The van der Waals surface area contributed by atoms with Crippen molar-refractivity contribution >= 4 is 41.0 Å². The molecule has 8 heteroatoms. The molecule has 0 unspecified atom stereocenters. The van der Waals surface area contributed by atoms with E-state index in [9.17, 15) is 19.2 Å². The quantitative estimate of drug-likeness (QED) is 0.653. The number of imide groups is 1. The van der Waals surface area contributed by atoms with Crippen molar-refractivity contribution in [1.29, 1.82) is 0 Å². The van der Waals surface area contributed by atoms with Crippen LogP contribution in [0.4, 0.5) is 5.69 Å². The van der Waals surface area contributed by atoms with Gasteiger partial charge in [-0.05, 0) is 49.4 Å². The summed E-state index contributed by atoms with van der Waals surface area (Å²) < 4.78 is 4.91. The average molecular weight is 373 g/mol. The van der Waals surface area contributed by atoms with E-state index in [0.717, 1.165) is 4.90 Å². The lowest BCUT2D eigenvalue weighted by atomic mass is 10.1. The number of halogens is 1. The normalized spacial score (nSPS) is 14.2. The SMILES string of the molecule is C[C@H](OC(=O)c1ccc2c(c1)C(=O)N(c1ccc(Cl)cc1)C2=O)C(N)=O. The Kier molecular flexibility index (Phi) is 4.48. The third-order valence-corrected chi connectivity index (χ3v) is 4.14. The zero-order valence-corrected chi connectivity index (χ0v) is 14.3. The number of hydrogen-bond donors (Lipinski definition) is 1. The molecule has 2 aromatic carbocycles. The van der Waals surface area contributed by atoms with Crippen molar-refractivity contribution < 1.29 is 23.9 Å². The number of primary amides is 1. The maximum absolute atomic E-state index is 12.6. The Hall–Kier alpha value is -3.19. The van der Waals surface area contributed by atoms with E-state index in [4.69, 9.17) is 22.1 Å². The topological polar surface area (TPSA) is 107 Å². The Labute approximate surface area is 153 Å². The van der Waals surface area contributed by atoms with Crippen molar-refractivity contribution in [2.24, 2.45) is 5.73 Å². The number of hydrogen-bond acceptors (Lipinski definition) is 5. The minimum absolute atomic E-state index is 0.0379. The molecule has 3 rings (SSSR count). The second-order valence-corrected chi connectivity index (χ2v) is 6.07. The van der Waals surface area contributed by atoms with Gasteiger partial charge in [-0.25, -0.2) is 9.69 Å². The van der Waals surface area contributed by atoms with Crippen molar-refractivity contribution in [2.75, 3.05) is 4.90 Å². The van der Waals surface area contributed by atoms with E-state index in [0.29, 0.717) is 10.7 Å². The van der Waals surface area contributed by atoms with Gasteiger partial charge in [0, 0.05) is 5.02 Å². The summed E-state index contributed by atoms with van der Waals surface area (Å²) in [7, 11) is 0. The molecule has 0 bridgehead atoms. The van der Waals surface area contributed by atoms with Gasteiger partial charge in [-0.1, -0.05) is 11.6 Å². The zero-order valence-electron chi connectivity index (χ0n) is 13.6. The van der Waals surface area contributed by atoms with E-state index in [1.807, 2.05) is 0 Å². The van der Waals surface area contributed by atoms with Crippen LogP contribution in [0, 0.1) is 0 Å². The predicted molar refractivity (Wildman–Crippen MR) is 93.1 cm³/mol. The van der Waals surface area contributed by atoms with Gasteiger partial charge >= 0.3 is 5.97 Å². The van der Waals surface area contributed by atoms with Gasteiger partial charge in [-0.2, -0.15) is 0 Å². The Morgan fingerprint density at radius 1 is 1.04 bits per heavy atom. The number of ether oxygens (including phenoxy) is 1. The first-order valence-electron chi connectivity index (χ1n) is 7.58. The molecule has 26 heavy (non-hydrogen) atoms. The van der Waals surface area contributed by atoms with Gasteiger partial charge < -0.3 is 10.5 Å². The van der Waals surface area contributed by atoms with Crippen LogP contribution < -0.4 is 10.6 Å². The van der Waals surface area contributed by atoms with Crippen LogP contribution >= 0.6 is 11.6 Å². The van der Waals surface area contributed by atoms with E-state index in [1.165, 1.54) is 25.1 Å². The molecule has 7 nitrogen and oxygen atoms in total. The molecule has 0 radical (unpaired) electrons. The summed E-state index contributed by atoms with van der Waals surface area (Å²) in [4.78, 5) is 49.3. The molecule has 2 aromatic rings. The van der Waals surface area contributed by atoms with Gasteiger partial charge in [0.2, 0.25) is 0 Å². The van der Waals surface area contributed by atoms with Crippen LogP contribution in [0.25, 0.3) is 0 Å². The lowest BCUT2D eigenvalue weighted by Crippen LogP contribution is -2.30. The second kappa shape index (κ2) is 6.61. The molecule has 2 N–H and O–H groups in total. The number of anilines is 1. The highest BCUT2D eigenvalue weighted by Gasteiger charge is 2.37. The highest BCUT2D eigenvalue weighted by molar-refractivity contribution is 6.35. The number of nitrogens with zero attached hydrogens (tertiary/aromatic N) is 1. The van der Waals surface area contributed by atoms with E-state index < -0.39 is 29.8 Å². The molecule has 1 atom stereocenters. The summed E-state index contributed by atoms with van der Waals surface area (Å²) in [6, 6.07) is 10.2. The third kappa shape index (κ3) is 3.04. The second-order valence-electron chi connectivity index (χ2n) is 5.63. The van der Waals surface area contributed by atoms with Crippen molar-refractivity contribution in [2.45, 2.75) is 13.0 Å². The molecule has 3 amide bonds. The largest absolute Gasteiger partial charge is 0.449 e. The maximum Gasteiger partial charge on any atom is 0.338 e. The molecule has 0 aromatic heterocycles. The Balaban J connectivity index is 1.91. The van der Waals surface area contributed by atoms with E-state index in [1.54, 1.807) is 24.3 Å². The van der Waals surface area contributed by atoms with Crippen molar-refractivity contribution in [3.63, 3.8) is 0 Å². The number of benzene rings is 2. The summed E-state index contributed by atoms with van der Waals surface area (Å²) >= 11 is 5.83. The Bertz CT molecular complexity index is 939. The first-order valence-corrected chi connectivity index (χ1v) is 7.96. The highest BCUT2D eigenvalue weighted by atomic mass is 35.5. The monoisotopic (exact) mass is 372 g/mol. The summed E-state index contributed by atoms with van der Waals surface area (Å²) in [5, 5.41) is 0.471. The van der Waals surface area contributed by atoms with E-state index >= 15 is 0 Å². The molecule has 1 heterocycles. The number of nitrogens with two attached hydrogens (primary N) is 1. The summed E-state index contributed by atoms with van der Waals surface area (Å²) in [5.41, 5.74) is 5.71. The van der Waals surface area contributed by atoms with E-state index in [-0.39, 0.29) is 16.7 Å². The molecule has 1 aliphatic heterocycles. The summed E-state index contributed by atoms with van der Waals surface area (Å²) in [6.07, 6.45) is -1.11. The fourth-order valence-electron chi connectivity index (χ4n) is 2.48. The van der Waals surface area contributed by atoms with Gasteiger partial charge in [0.25, 0.3) is 17.7 Å². The van der Waals surface area contributed by atoms with Crippen LogP contribution in [0.15, 0.2) is 42.5 Å². The summed E-state index contributed by atoms with van der Waals surface area (Å²) in [6.45, 7) is 1.34. The Morgan fingerprint density at radius 3 is 2.27 bits per heavy atom. The number of rotatable bonds is 4. The lowest BCUT2D eigenvalue weighted by molar-refractivity contribution is -0.125. The van der Waals surface area contributed by atoms with Gasteiger partial charge in [-0.15, -0.1) is 0 Å². The molecule has 132 valence electrons. The number of carbonyl (C=O) groups excluding carboxylic acids is 4. The molecule has 1 aliphatic rings. The van der Waals surface area contributed by atoms with Crippen LogP contribution in [0.3, 0.4) is 0 Å². The Morgan fingerprint density at radius 2 is 1.65 bits per heavy atom. The van der Waals surface area contributed by atoms with Gasteiger partial charge in [0.15, 0.2) is 6.10 Å². The zero-order chi connectivity index (χ0) is 19.0. The molecular weight excluding hydrogens is 360 g/mol. The van der Waals surface area contributed by atoms with Crippen LogP contribution in [0.1, 0.15) is 38.0 Å². The molecular formula is C18H13ClN2O5. The van der Waals surface area contributed by atoms with Crippen LogP contribution in [-0.4, -0.2) is 29.8 Å². The smallest absolute Gasteiger partial charge is 0.338 e. The number of amides is 3. The predicted octanol–water partition coefficient (Wildman–Crippen LogP) is 2.17. The average Bonchev–Trinajstić information content (AvgIpc) is 2.86. The molecule has 0 aliphatic carbocycles. The first-order chi connectivity index (χ1) is 12.3.